The molecule has 0 saturated carbocycles. The smallest absolute Gasteiger partial charge is 0.0713 e. The highest BCUT2D eigenvalue weighted by Gasteiger charge is 2.33. The Kier molecular flexibility index (Phi) is 4.11. The second-order valence-electron chi connectivity index (χ2n) is 6.57. The summed E-state index contributed by atoms with van der Waals surface area (Å²) in [6.45, 7) is 3.21. The molecule has 20 heavy (non-hydrogen) atoms. The lowest BCUT2D eigenvalue weighted by molar-refractivity contribution is 0.0453. The number of hydrogen-bond donors (Lipinski definition) is 1. The fraction of sp³-hybridized carbons (Fsp3) is 0.647. The van der Waals surface area contributed by atoms with Gasteiger partial charge < -0.3 is 10.0 Å². The summed E-state index contributed by atoms with van der Waals surface area (Å²) in [6, 6.07) is 8.93. The van der Waals surface area contributed by atoms with Crippen molar-refractivity contribution < 1.29 is 5.11 Å². The van der Waals surface area contributed by atoms with E-state index in [0.29, 0.717) is 5.92 Å². The van der Waals surface area contributed by atoms with Crippen LogP contribution in [0.25, 0.3) is 0 Å². The average Bonchev–Trinajstić information content (AvgIpc) is 2.57. The van der Waals surface area contributed by atoms with E-state index in [1.165, 1.54) is 17.5 Å². The van der Waals surface area contributed by atoms with Crippen molar-refractivity contribution in [2.24, 2.45) is 0 Å². The van der Waals surface area contributed by atoms with Gasteiger partial charge in [0.1, 0.15) is 0 Å². The summed E-state index contributed by atoms with van der Waals surface area (Å²) in [7, 11) is 4.32. The minimum atomic E-state index is -0.223. The Morgan fingerprint density at radius 3 is 2.85 bits per heavy atom. The monoisotopic (exact) mass is 274 g/mol. The number of aliphatic hydroxyl groups excluding tert-OH is 1. The third-order valence-electron chi connectivity index (χ3n) is 5.05. The van der Waals surface area contributed by atoms with Crippen molar-refractivity contribution in [3.63, 3.8) is 0 Å². The summed E-state index contributed by atoms with van der Waals surface area (Å²) in [5.74, 6) is 0.558. The van der Waals surface area contributed by atoms with Gasteiger partial charge in [-0.1, -0.05) is 24.3 Å². The first kappa shape index (κ1) is 14.1. The van der Waals surface area contributed by atoms with Crippen molar-refractivity contribution in [3.8, 4) is 0 Å². The van der Waals surface area contributed by atoms with Crippen molar-refractivity contribution in [1.82, 2.24) is 9.80 Å². The molecule has 1 aliphatic carbocycles. The van der Waals surface area contributed by atoms with E-state index in [9.17, 15) is 5.11 Å². The minimum Gasteiger partial charge on any atom is -0.391 e. The number of rotatable bonds is 3. The molecule has 1 fully saturated rings. The van der Waals surface area contributed by atoms with Crippen molar-refractivity contribution in [2.45, 2.75) is 37.3 Å². The molecular weight excluding hydrogens is 248 g/mol. The van der Waals surface area contributed by atoms with E-state index in [1.807, 2.05) is 0 Å². The van der Waals surface area contributed by atoms with Gasteiger partial charge in [-0.2, -0.15) is 0 Å². The molecule has 1 aromatic rings. The van der Waals surface area contributed by atoms with Gasteiger partial charge in [0.25, 0.3) is 0 Å². The van der Waals surface area contributed by atoms with Gasteiger partial charge in [0.2, 0.25) is 0 Å². The molecule has 3 heteroatoms. The van der Waals surface area contributed by atoms with E-state index in [-0.39, 0.29) is 12.1 Å². The number of likely N-dealkylation sites (N-methyl/N-ethyl adjacent to an activating group) is 2. The van der Waals surface area contributed by atoms with Gasteiger partial charge in [0.15, 0.2) is 0 Å². The number of benzene rings is 1. The van der Waals surface area contributed by atoms with Gasteiger partial charge in [-0.05, 0) is 63.5 Å². The molecule has 0 bridgehead atoms. The van der Waals surface area contributed by atoms with E-state index in [4.69, 9.17) is 0 Å². The van der Waals surface area contributed by atoms with Crippen LogP contribution in [0.2, 0.25) is 0 Å². The quantitative estimate of drug-likeness (QED) is 0.909. The van der Waals surface area contributed by atoms with Crippen LogP contribution >= 0.6 is 0 Å². The first-order valence-corrected chi connectivity index (χ1v) is 7.80. The van der Waals surface area contributed by atoms with Crippen LogP contribution in [-0.2, 0) is 6.42 Å². The zero-order chi connectivity index (χ0) is 14.1. The Bertz CT molecular complexity index is 462. The average molecular weight is 274 g/mol. The van der Waals surface area contributed by atoms with Crippen LogP contribution in [0.4, 0.5) is 0 Å². The Morgan fingerprint density at radius 1 is 1.25 bits per heavy atom. The van der Waals surface area contributed by atoms with Crippen LogP contribution in [0.5, 0.6) is 0 Å². The lowest BCUT2D eigenvalue weighted by atomic mass is 9.74. The minimum absolute atomic E-state index is 0.223. The van der Waals surface area contributed by atoms with Gasteiger partial charge in [-0.25, -0.2) is 0 Å². The van der Waals surface area contributed by atoms with E-state index in [1.54, 1.807) is 0 Å². The molecule has 0 amide bonds. The van der Waals surface area contributed by atoms with Crippen molar-refractivity contribution in [3.05, 3.63) is 35.4 Å². The second-order valence-corrected chi connectivity index (χ2v) is 6.57. The summed E-state index contributed by atoms with van der Waals surface area (Å²) in [4.78, 5) is 4.70. The highest BCUT2D eigenvalue weighted by Crippen LogP contribution is 2.38. The summed E-state index contributed by atoms with van der Waals surface area (Å²) in [6.07, 6.45) is 3.01. The molecule has 3 nitrogen and oxygen atoms in total. The highest BCUT2D eigenvalue weighted by atomic mass is 16.3. The molecule has 3 atom stereocenters. The highest BCUT2D eigenvalue weighted by molar-refractivity contribution is 5.39. The van der Waals surface area contributed by atoms with Crippen LogP contribution in [0.1, 0.15) is 29.9 Å². The molecule has 0 spiro atoms. The van der Waals surface area contributed by atoms with E-state index < -0.39 is 0 Å². The first-order valence-electron chi connectivity index (χ1n) is 7.80. The molecule has 1 heterocycles. The second kappa shape index (κ2) is 5.84. The van der Waals surface area contributed by atoms with Crippen LogP contribution < -0.4 is 0 Å². The number of nitrogens with zero attached hydrogens (tertiary/aromatic N) is 2. The molecular formula is C17H26N2O. The van der Waals surface area contributed by atoms with Crippen LogP contribution in [0.15, 0.2) is 24.3 Å². The molecule has 0 aromatic heterocycles. The van der Waals surface area contributed by atoms with Gasteiger partial charge in [0, 0.05) is 12.6 Å². The number of fused-ring (bicyclic) bond motifs is 1. The van der Waals surface area contributed by atoms with Gasteiger partial charge in [-0.15, -0.1) is 0 Å². The molecule has 1 aliphatic heterocycles. The fourth-order valence-electron chi connectivity index (χ4n) is 3.74. The third-order valence-corrected chi connectivity index (χ3v) is 5.05. The number of aliphatic hydroxyl groups is 1. The maximum absolute atomic E-state index is 10.7. The zero-order valence-electron chi connectivity index (χ0n) is 12.6. The zero-order valence-corrected chi connectivity index (χ0v) is 12.6. The molecule has 3 rings (SSSR count). The lowest BCUT2D eigenvalue weighted by Gasteiger charge is -2.37. The first-order chi connectivity index (χ1) is 9.65. The Hall–Kier alpha value is -0.900. The Balaban J connectivity index is 1.63. The van der Waals surface area contributed by atoms with E-state index in [0.717, 1.165) is 32.5 Å². The lowest BCUT2D eigenvalue weighted by Crippen LogP contribution is -2.47. The fourth-order valence-corrected chi connectivity index (χ4v) is 3.74. The van der Waals surface area contributed by atoms with Gasteiger partial charge >= 0.3 is 0 Å². The predicted octanol–water partition coefficient (Wildman–Crippen LogP) is 1.71. The van der Waals surface area contributed by atoms with Crippen LogP contribution in [0, 0.1) is 0 Å². The maximum Gasteiger partial charge on any atom is 0.0713 e. The molecule has 1 aromatic carbocycles. The summed E-state index contributed by atoms with van der Waals surface area (Å²) < 4.78 is 0. The van der Waals surface area contributed by atoms with Gasteiger partial charge in [-0.3, -0.25) is 4.90 Å². The van der Waals surface area contributed by atoms with Crippen LogP contribution in [-0.4, -0.2) is 60.8 Å². The molecule has 110 valence electrons. The predicted molar refractivity (Wildman–Crippen MR) is 82.0 cm³/mol. The van der Waals surface area contributed by atoms with Gasteiger partial charge in [0.05, 0.1) is 6.10 Å². The third kappa shape index (κ3) is 2.76. The van der Waals surface area contributed by atoms with E-state index >= 15 is 0 Å². The van der Waals surface area contributed by atoms with Crippen molar-refractivity contribution in [1.29, 1.82) is 0 Å². The summed E-state index contributed by atoms with van der Waals surface area (Å²) in [5, 5.41) is 10.7. The van der Waals surface area contributed by atoms with Crippen LogP contribution in [0.3, 0.4) is 0 Å². The SMILES string of the molecule is CN1CCCN(C)C(C(O)CC2Cc3ccccc32)C1. The molecule has 2 aliphatic rings. The van der Waals surface area contributed by atoms with Crippen molar-refractivity contribution in [2.75, 3.05) is 33.7 Å². The van der Waals surface area contributed by atoms with E-state index in [2.05, 4.69) is 48.2 Å². The molecule has 1 N–H and O–H groups in total. The summed E-state index contributed by atoms with van der Waals surface area (Å²) in [5.41, 5.74) is 2.92. The summed E-state index contributed by atoms with van der Waals surface area (Å²) >= 11 is 0. The molecule has 0 radical (unpaired) electrons. The standard InChI is InChI=1S/C17H26N2O/c1-18-8-5-9-19(2)16(12-18)17(20)11-14-10-13-6-3-4-7-15(13)14/h3-4,6-7,14,16-17,20H,5,8-12H2,1-2H3. The van der Waals surface area contributed by atoms with Crippen molar-refractivity contribution >= 4 is 0 Å². The topological polar surface area (TPSA) is 26.7 Å². The largest absolute Gasteiger partial charge is 0.391 e. The maximum atomic E-state index is 10.7. The normalized spacial score (nSPS) is 29.4. The molecule has 3 unspecified atom stereocenters. The molecule has 1 saturated heterocycles. The Labute approximate surface area is 122 Å². The number of hydrogen-bond acceptors (Lipinski definition) is 3. The Morgan fingerprint density at radius 2 is 2.05 bits per heavy atom.